The van der Waals surface area contributed by atoms with E-state index in [0.29, 0.717) is 40.3 Å². The average Bonchev–Trinajstić information content (AvgIpc) is 2.45. The van der Waals surface area contributed by atoms with E-state index in [0.717, 1.165) is 0 Å². The molecule has 0 saturated carbocycles. The minimum Gasteiger partial charge on any atom is -0.325 e. The van der Waals surface area contributed by atoms with E-state index in [4.69, 9.17) is 11.6 Å². The summed E-state index contributed by atoms with van der Waals surface area (Å²) in [6.07, 6.45) is 2.53. The molecule has 0 bridgehead atoms. The van der Waals surface area contributed by atoms with Gasteiger partial charge in [0.2, 0.25) is 5.56 Å². The number of hydrogen-bond acceptors (Lipinski definition) is 2. The normalized spacial score (nSPS) is 16.1. The maximum atomic E-state index is 13.7. The maximum absolute atomic E-state index is 13.7. The molecule has 106 valence electrons. The Bertz CT molecular complexity index is 823. The first-order valence-electron chi connectivity index (χ1n) is 6.47. The fourth-order valence-corrected chi connectivity index (χ4v) is 2.60. The smallest absolute Gasteiger partial charge is 0.248 e. The van der Waals surface area contributed by atoms with Crippen molar-refractivity contribution in [2.24, 2.45) is 0 Å². The average molecular weight is 304 g/mol. The standard InChI is InChI=1S/C16H11ClFNO2/c17-11-2-4-13(18)10(8-11)7-9-1-5-14-12(16(9)21)3-6-15(20)19-14/h2-4,6-8H,1,5H2,(H,19,20)/b9-7+. The van der Waals surface area contributed by atoms with Crippen LogP contribution in [0.2, 0.25) is 5.02 Å². The van der Waals surface area contributed by atoms with Gasteiger partial charge in [0.1, 0.15) is 5.82 Å². The van der Waals surface area contributed by atoms with E-state index >= 15 is 0 Å². The first kappa shape index (κ1) is 13.8. The summed E-state index contributed by atoms with van der Waals surface area (Å²) in [5.74, 6) is -0.612. The summed E-state index contributed by atoms with van der Waals surface area (Å²) >= 11 is 5.85. The van der Waals surface area contributed by atoms with E-state index in [1.807, 2.05) is 0 Å². The molecule has 0 radical (unpaired) electrons. The number of benzene rings is 1. The van der Waals surface area contributed by atoms with Crippen molar-refractivity contribution in [1.82, 2.24) is 4.98 Å². The zero-order valence-corrected chi connectivity index (χ0v) is 11.7. The number of rotatable bonds is 1. The van der Waals surface area contributed by atoms with Gasteiger partial charge in [-0.2, -0.15) is 0 Å². The van der Waals surface area contributed by atoms with Crippen LogP contribution in [0.15, 0.2) is 40.7 Å². The van der Waals surface area contributed by atoms with Crippen LogP contribution in [0.1, 0.15) is 28.0 Å². The molecule has 21 heavy (non-hydrogen) atoms. The third-order valence-electron chi connectivity index (χ3n) is 3.47. The van der Waals surface area contributed by atoms with Gasteiger partial charge in [0.05, 0.1) is 0 Å². The summed E-state index contributed by atoms with van der Waals surface area (Å²) in [6, 6.07) is 7.05. The molecule has 3 nitrogen and oxygen atoms in total. The third-order valence-corrected chi connectivity index (χ3v) is 3.70. The number of aromatic amines is 1. The number of carbonyl (C=O) groups excluding carboxylic acids is 1. The van der Waals surface area contributed by atoms with Gasteiger partial charge >= 0.3 is 0 Å². The highest BCUT2D eigenvalue weighted by Crippen LogP contribution is 2.26. The van der Waals surface area contributed by atoms with Crippen LogP contribution in [-0.4, -0.2) is 10.8 Å². The van der Waals surface area contributed by atoms with Gasteiger partial charge in [-0.25, -0.2) is 4.39 Å². The van der Waals surface area contributed by atoms with Crippen LogP contribution >= 0.6 is 11.6 Å². The molecule has 3 rings (SSSR count). The Labute approximate surface area is 125 Å². The second kappa shape index (κ2) is 5.30. The predicted molar refractivity (Wildman–Crippen MR) is 79.1 cm³/mol. The number of aryl methyl sites for hydroxylation is 1. The Morgan fingerprint density at radius 1 is 1.14 bits per heavy atom. The van der Waals surface area contributed by atoms with Gasteiger partial charge in [-0.3, -0.25) is 9.59 Å². The molecule has 0 unspecified atom stereocenters. The number of hydrogen-bond donors (Lipinski definition) is 1. The van der Waals surface area contributed by atoms with Crippen LogP contribution in [0.5, 0.6) is 0 Å². The predicted octanol–water partition coefficient (Wildman–Crippen LogP) is 3.38. The van der Waals surface area contributed by atoms with Crippen LogP contribution in [-0.2, 0) is 6.42 Å². The topological polar surface area (TPSA) is 49.9 Å². The zero-order chi connectivity index (χ0) is 15.0. The highest BCUT2D eigenvalue weighted by atomic mass is 35.5. The van der Waals surface area contributed by atoms with Crippen LogP contribution in [0.4, 0.5) is 4.39 Å². The molecular weight excluding hydrogens is 293 g/mol. The molecule has 0 saturated heterocycles. The molecule has 0 aliphatic heterocycles. The summed E-state index contributed by atoms with van der Waals surface area (Å²) in [5, 5.41) is 0.413. The first-order chi connectivity index (χ1) is 10.0. The molecule has 1 aromatic heterocycles. The SMILES string of the molecule is O=C1/C(=C/c2cc(Cl)ccc2F)CCc2[nH]c(=O)ccc21. The Morgan fingerprint density at radius 2 is 1.95 bits per heavy atom. The van der Waals surface area contributed by atoms with E-state index < -0.39 is 5.82 Å². The van der Waals surface area contributed by atoms with Crippen LogP contribution < -0.4 is 5.56 Å². The lowest BCUT2D eigenvalue weighted by molar-refractivity contribution is 0.102. The minimum absolute atomic E-state index is 0.188. The molecule has 1 N–H and O–H groups in total. The van der Waals surface area contributed by atoms with Crippen molar-refractivity contribution in [3.05, 3.63) is 73.9 Å². The van der Waals surface area contributed by atoms with Crippen molar-refractivity contribution < 1.29 is 9.18 Å². The van der Waals surface area contributed by atoms with Crippen LogP contribution in [0, 0.1) is 5.82 Å². The van der Waals surface area contributed by atoms with Crippen molar-refractivity contribution in [2.45, 2.75) is 12.8 Å². The highest BCUT2D eigenvalue weighted by Gasteiger charge is 2.22. The number of carbonyl (C=O) groups is 1. The van der Waals surface area contributed by atoms with Crippen molar-refractivity contribution in [3.8, 4) is 0 Å². The lowest BCUT2D eigenvalue weighted by Gasteiger charge is -2.16. The van der Waals surface area contributed by atoms with E-state index in [9.17, 15) is 14.0 Å². The summed E-state index contributed by atoms with van der Waals surface area (Å²) in [7, 11) is 0. The second-order valence-electron chi connectivity index (χ2n) is 4.88. The van der Waals surface area contributed by atoms with Crippen LogP contribution in [0.25, 0.3) is 6.08 Å². The number of fused-ring (bicyclic) bond motifs is 1. The number of nitrogens with one attached hydrogen (secondary N) is 1. The van der Waals surface area contributed by atoms with E-state index in [-0.39, 0.29) is 11.3 Å². The molecule has 1 aliphatic carbocycles. The number of halogens is 2. The van der Waals surface area contributed by atoms with Crippen molar-refractivity contribution in [3.63, 3.8) is 0 Å². The molecule has 1 aromatic carbocycles. The molecular formula is C16H11ClFNO2. The summed E-state index contributed by atoms with van der Waals surface area (Å²) in [6.45, 7) is 0. The largest absolute Gasteiger partial charge is 0.325 e. The van der Waals surface area contributed by atoms with Gasteiger partial charge in [-0.05, 0) is 43.2 Å². The van der Waals surface area contributed by atoms with E-state index in [1.165, 1.54) is 36.4 Å². The zero-order valence-electron chi connectivity index (χ0n) is 11.0. The monoisotopic (exact) mass is 303 g/mol. The van der Waals surface area contributed by atoms with E-state index in [1.54, 1.807) is 0 Å². The summed E-state index contributed by atoms with van der Waals surface area (Å²) in [5.41, 5.74) is 1.68. The van der Waals surface area contributed by atoms with Crippen molar-refractivity contribution in [2.75, 3.05) is 0 Å². The van der Waals surface area contributed by atoms with Gasteiger partial charge < -0.3 is 4.98 Å². The fraction of sp³-hybridized carbons (Fsp3) is 0.125. The van der Waals surface area contributed by atoms with Crippen molar-refractivity contribution in [1.29, 1.82) is 0 Å². The van der Waals surface area contributed by atoms with Gasteiger partial charge in [0, 0.05) is 33.5 Å². The molecule has 5 heteroatoms. The Hall–Kier alpha value is -2.20. The van der Waals surface area contributed by atoms with Gasteiger partial charge in [0.15, 0.2) is 5.78 Å². The quantitative estimate of drug-likeness (QED) is 0.821. The molecule has 0 spiro atoms. The maximum Gasteiger partial charge on any atom is 0.248 e. The lowest BCUT2D eigenvalue weighted by Crippen LogP contribution is -2.19. The fourth-order valence-electron chi connectivity index (χ4n) is 2.42. The van der Waals surface area contributed by atoms with Crippen molar-refractivity contribution >= 4 is 23.5 Å². The molecule has 1 heterocycles. The molecule has 1 aliphatic rings. The Kier molecular flexibility index (Phi) is 3.47. The number of allylic oxidation sites excluding steroid dienone is 1. The van der Waals surface area contributed by atoms with E-state index in [2.05, 4.69) is 4.98 Å². The molecule has 0 fully saturated rings. The van der Waals surface area contributed by atoms with Crippen LogP contribution in [0.3, 0.4) is 0 Å². The Balaban J connectivity index is 2.03. The molecule has 0 amide bonds. The first-order valence-corrected chi connectivity index (χ1v) is 6.85. The highest BCUT2D eigenvalue weighted by molar-refractivity contribution is 6.30. The second-order valence-corrected chi connectivity index (χ2v) is 5.32. The number of Topliss-reactive ketones (excluding diaryl/α,β-unsaturated/α-hetero) is 1. The third kappa shape index (κ3) is 2.67. The number of ketones is 1. The number of aromatic nitrogens is 1. The minimum atomic E-state index is -0.424. The number of H-pyrrole nitrogens is 1. The van der Waals surface area contributed by atoms with Gasteiger partial charge in [-0.15, -0.1) is 0 Å². The summed E-state index contributed by atoms with van der Waals surface area (Å²) in [4.78, 5) is 26.3. The Morgan fingerprint density at radius 3 is 2.76 bits per heavy atom. The van der Waals surface area contributed by atoms with Gasteiger partial charge in [0.25, 0.3) is 0 Å². The number of pyridine rings is 1. The summed E-state index contributed by atoms with van der Waals surface area (Å²) < 4.78 is 13.7. The molecule has 0 atom stereocenters. The lowest BCUT2D eigenvalue weighted by atomic mass is 9.89. The van der Waals surface area contributed by atoms with Gasteiger partial charge in [-0.1, -0.05) is 11.6 Å². The molecule has 2 aromatic rings.